The minimum Gasteiger partial charge on any atom is -0.330 e. The molecule has 1 aromatic carbocycles. The summed E-state index contributed by atoms with van der Waals surface area (Å²) in [5.74, 6) is -4.37. The first-order valence-corrected chi connectivity index (χ1v) is 7.03. The number of rotatable bonds is 5. The molecule has 2 rings (SSSR count). The highest BCUT2D eigenvalue weighted by Crippen LogP contribution is 2.18. The summed E-state index contributed by atoms with van der Waals surface area (Å²) >= 11 is 1.47. The molecule has 0 aliphatic carbocycles. The van der Waals surface area contributed by atoms with Crippen LogP contribution in [0.25, 0.3) is 0 Å². The molecule has 0 aliphatic heterocycles. The maximum atomic E-state index is 13.7. The number of carbonyl (C=O) groups is 1. The lowest BCUT2D eigenvalue weighted by Crippen LogP contribution is -2.31. The van der Waals surface area contributed by atoms with Gasteiger partial charge in [-0.3, -0.25) is 4.79 Å². The van der Waals surface area contributed by atoms with E-state index in [1.54, 1.807) is 0 Å². The molecule has 0 bridgehead atoms. The Morgan fingerprint density at radius 2 is 1.95 bits per heavy atom. The van der Waals surface area contributed by atoms with Crippen LogP contribution in [-0.2, 0) is 6.54 Å². The van der Waals surface area contributed by atoms with E-state index in [4.69, 9.17) is 0 Å². The average molecular weight is 311 g/mol. The summed E-state index contributed by atoms with van der Waals surface area (Å²) in [7, 11) is 0. The second-order valence-electron chi connectivity index (χ2n) is 4.35. The Hall–Kier alpha value is -2.08. The average Bonchev–Trinajstić information content (AvgIpc) is 2.94. The summed E-state index contributed by atoms with van der Waals surface area (Å²) in [6.07, 6.45) is 1.49. The number of thiophene rings is 1. The quantitative estimate of drug-likeness (QED) is 0.604. The number of hydrogen-bond acceptors (Lipinski definition) is 2. The van der Waals surface area contributed by atoms with Crippen molar-refractivity contribution in [3.63, 3.8) is 0 Å². The van der Waals surface area contributed by atoms with Gasteiger partial charge in [-0.05, 0) is 28.5 Å². The number of benzene rings is 1. The van der Waals surface area contributed by atoms with E-state index in [1.807, 2.05) is 16.8 Å². The molecule has 1 amide bonds. The predicted molar refractivity (Wildman–Crippen MR) is 75.6 cm³/mol. The van der Waals surface area contributed by atoms with E-state index < -0.39 is 28.9 Å². The SMILES string of the molecule is C=CCN(Cc1ccsc1)C(=O)c1cc(F)c(F)cc1F. The van der Waals surface area contributed by atoms with Crippen molar-refractivity contribution in [2.45, 2.75) is 6.54 Å². The molecule has 0 aliphatic rings. The molecule has 0 spiro atoms. The summed E-state index contributed by atoms with van der Waals surface area (Å²) in [5.41, 5.74) is 0.379. The van der Waals surface area contributed by atoms with Crippen molar-refractivity contribution in [1.82, 2.24) is 4.90 Å². The molecule has 0 unspecified atom stereocenters. The Labute approximate surface area is 124 Å². The van der Waals surface area contributed by atoms with Crippen molar-refractivity contribution >= 4 is 17.2 Å². The normalized spacial score (nSPS) is 10.4. The minimum atomic E-state index is -1.32. The van der Waals surface area contributed by atoms with Crippen LogP contribution in [0, 0.1) is 17.5 Å². The lowest BCUT2D eigenvalue weighted by Gasteiger charge is -2.21. The second-order valence-corrected chi connectivity index (χ2v) is 5.13. The van der Waals surface area contributed by atoms with Crippen molar-refractivity contribution in [3.05, 3.63) is 70.2 Å². The largest absolute Gasteiger partial charge is 0.330 e. The molecule has 0 saturated carbocycles. The standard InChI is InChI=1S/C15H12F3NOS/c1-2-4-19(8-10-3-5-21-9-10)15(20)11-6-13(17)14(18)7-12(11)16/h2-3,5-7,9H,1,4,8H2. The van der Waals surface area contributed by atoms with Crippen LogP contribution < -0.4 is 0 Å². The molecule has 1 aromatic heterocycles. The van der Waals surface area contributed by atoms with Crippen LogP contribution in [0.15, 0.2) is 41.6 Å². The molecule has 21 heavy (non-hydrogen) atoms. The van der Waals surface area contributed by atoms with Gasteiger partial charge in [-0.1, -0.05) is 6.08 Å². The van der Waals surface area contributed by atoms with Crippen molar-refractivity contribution in [2.24, 2.45) is 0 Å². The van der Waals surface area contributed by atoms with E-state index in [0.29, 0.717) is 12.1 Å². The van der Waals surface area contributed by atoms with Crippen LogP contribution in [0.4, 0.5) is 13.2 Å². The minimum absolute atomic E-state index is 0.174. The van der Waals surface area contributed by atoms with Crippen molar-refractivity contribution in [3.8, 4) is 0 Å². The van der Waals surface area contributed by atoms with Crippen LogP contribution >= 0.6 is 11.3 Å². The highest BCUT2D eigenvalue weighted by molar-refractivity contribution is 7.07. The van der Waals surface area contributed by atoms with Crippen molar-refractivity contribution < 1.29 is 18.0 Å². The van der Waals surface area contributed by atoms with E-state index >= 15 is 0 Å². The van der Waals surface area contributed by atoms with Gasteiger partial charge in [0.05, 0.1) is 5.56 Å². The summed E-state index contributed by atoms with van der Waals surface area (Å²) < 4.78 is 39.8. The molecule has 1 heterocycles. The second kappa shape index (κ2) is 6.58. The van der Waals surface area contributed by atoms with Crippen LogP contribution in [0.1, 0.15) is 15.9 Å². The van der Waals surface area contributed by atoms with Gasteiger partial charge >= 0.3 is 0 Å². The fourth-order valence-electron chi connectivity index (χ4n) is 1.83. The lowest BCUT2D eigenvalue weighted by atomic mass is 10.1. The number of nitrogens with zero attached hydrogens (tertiary/aromatic N) is 1. The molecule has 0 fully saturated rings. The number of amides is 1. The van der Waals surface area contributed by atoms with Gasteiger partial charge in [0.25, 0.3) is 5.91 Å². The van der Waals surface area contributed by atoms with Gasteiger partial charge in [-0.25, -0.2) is 13.2 Å². The molecule has 2 nitrogen and oxygen atoms in total. The fourth-order valence-corrected chi connectivity index (χ4v) is 2.49. The highest BCUT2D eigenvalue weighted by Gasteiger charge is 2.21. The van der Waals surface area contributed by atoms with E-state index in [2.05, 4.69) is 6.58 Å². The lowest BCUT2D eigenvalue weighted by molar-refractivity contribution is 0.0757. The van der Waals surface area contributed by atoms with Crippen molar-refractivity contribution in [1.29, 1.82) is 0 Å². The van der Waals surface area contributed by atoms with Gasteiger partial charge in [-0.15, -0.1) is 6.58 Å². The third-order valence-electron chi connectivity index (χ3n) is 2.83. The molecule has 0 saturated heterocycles. The third kappa shape index (κ3) is 3.52. The van der Waals surface area contributed by atoms with E-state index in [0.717, 1.165) is 5.56 Å². The Kier molecular flexibility index (Phi) is 4.80. The smallest absolute Gasteiger partial charge is 0.257 e. The van der Waals surface area contributed by atoms with Gasteiger partial charge < -0.3 is 4.90 Å². The third-order valence-corrected chi connectivity index (χ3v) is 3.56. The Balaban J connectivity index is 2.30. The summed E-state index contributed by atoms with van der Waals surface area (Å²) in [6.45, 7) is 3.96. The molecule has 0 radical (unpaired) electrons. The number of hydrogen-bond donors (Lipinski definition) is 0. The molecular weight excluding hydrogens is 299 g/mol. The zero-order valence-electron chi connectivity index (χ0n) is 11.0. The van der Waals surface area contributed by atoms with Crippen LogP contribution in [0.2, 0.25) is 0 Å². The topological polar surface area (TPSA) is 20.3 Å². The summed E-state index contributed by atoms with van der Waals surface area (Å²) in [4.78, 5) is 13.6. The molecule has 0 N–H and O–H groups in total. The maximum absolute atomic E-state index is 13.7. The van der Waals surface area contributed by atoms with E-state index in [1.165, 1.54) is 22.3 Å². The van der Waals surface area contributed by atoms with Crippen molar-refractivity contribution in [2.75, 3.05) is 6.54 Å². The first kappa shape index (κ1) is 15.3. The summed E-state index contributed by atoms with van der Waals surface area (Å²) in [5, 5.41) is 3.70. The van der Waals surface area contributed by atoms with Gasteiger partial charge in [0.15, 0.2) is 11.6 Å². The van der Waals surface area contributed by atoms with Crippen LogP contribution in [0.3, 0.4) is 0 Å². The zero-order chi connectivity index (χ0) is 15.4. The number of halogens is 3. The molecule has 6 heteroatoms. The zero-order valence-corrected chi connectivity index (χ0v) is 11.8. The van der Waals surface area contributed by atoms with Crippen LogP contribution in [-0.4, -0.2) is 17.4 Å². The molecule has 2 aromatic rings. The Morgan fingerprint density at radius 1 is 1.24 bits per heavy atom. The Bertz CT molecular complexity index is 655. The maximum Gasteiger partial charge on any atom is 0.257 e. The van der Waals surface area contributed by atoms with E-state index in [9.17, 15) is 18.0 Å². The monoisotopic (exact) mass is 311 g/mol. The summed E-state index contributed by atoms with van der Waals surface area (Å²) in [6, 6.07) is 2.78. The first-order valence-electron chi connectivity index (χ1n) is 6.08. The van der Waals surface area contributed by atoms with Gasteiger partial charge in [0, 0.05) is 19.2 Å². The van der Waals surface area contributed by atoms with E-state index in [-0.39, 0.29) is 13.1 Å². The van der Waals surface area contributed by atoms with Gasteiger partial charge in [0.2, 0.25) is 0 Å². The van der Waals surface area contributed by atoms with Gasteiger partial charge in [-0.2, -0.15) is 11.3 Å². The van der Waals surface area contributed by atoms with Crippen LogP contribution in [0.5, 0.6) is 0 Å². The molecule has 0 atom stereocenters. The molecule has 110 valence electrons. The fraction of sp³-hybridized carbons (Fsp3) is 0.133. The highest BCUT2D eigenvalue weighted by atomic mass is 32.1. The number of carbonyl (C=O) groups excluding carboxylic acids is 1. The first-order chi connectivity index (χ1) is 10.0. The molecular formula is C15H12F3NOS. The predicted octanol–water partition coefficient (Wildman–Crippen LogP) is 3.99. The van der Waals surface area contributed by atoms with Gasteiger partial charge in [0.1, 0.15) is 5.82 Å². The Morgan fingerprint density at radius 3 is 2.57 bits per heavy atom.